The molecule has 1 aromatic rings. The number of hydrogen-bond donors (Lipinski definition) is 1. The minimum absolute atomic E-state index is 0.0241. The van der Waals surface area contributed by atoms with Gasteiger partial charge in [-0.25, -0.2) is 0 Å². The molecule has 0 atom stereocenters. The van der Waals surface area contributed by atoms with E-state index in [9.17, 15) is 4.79 Å². The fourth-order valence-corrected chi connectivity index (χ4v) is 2.52. The second kappa shape index (κ2) is 5.95. The second-order valence-corrected chi connectivity index (χ2v) is 5.37. The fraction of sp³-hybridized carbons (Fsp3) is 0.533. The van der Waals surface area contributed by atoms with Gasteiger partial charge in [-0.2, -0.15) is 0 Å². The van der Waals surface area contributed by atoms with E-state index in [1.165, 1.54) is 25.7 Å². The molecule has 0 bridgehead atoms. The minimum atomic E-state index is 0.0241. The molecular weight excluding hydrogens is 238 g/mol. The molecule has 1 aromatic carbocycles. The van der Waals surface area contributed by atoms with Crippen LogP contribution in [0.3, 0.4) is 0 Å². The first-order valence-corrected chi connectivity index (χ1v) is 6.95. The summed E-state index contributed by atoms with van der Waals surface area (Å²) < 4.78 is 0. The normalized spacial score (nSPS) is 16.0. The van der Waals surface area contributed by atoms with Crippen LogP contribution in [0.15, 0.2) is 18.2 Å². The number of rotatable bonds is 2. The average Bonchev–Trinajstić information content (AvgIpc) is 2.67. The first-order valence-electron chi connectivity index (χ1n) is 6.95. The Bertz CT molecular complexity index is 449. The van der Waals surface area contributed by atoms with Crippen LogP contribution < -0.4 is 10.6 Å². The molecule has 104 valence electrons. The molecule has 0 aliphatic carbocycles. The minimum Gasteiger partial charge on any atom is -0.397 e. The van der Waals surface area contributed by atoms with Gasteiger partial charge in [-0.05, 0) is 31.0 Å². The lowest BCUT2D eigenvalue weighted by Gasteiger charge is -2.25. The number of benzene rings is 1. The number of hydrogen-bond acceptors (Lipinski definition) is 3. The molecule has 1 aliphatic rings. The summed E-state index contributed by atoms with van der Waals surface area (Å²) in [4.78, 5) is 15.9. The molecular formula is C15H23N3O. The predicted molar refractivity (Wildman–Crippen MR) is 79.6 cm³/mol. The summed E-state index contributed by atoms with van der Waals surface area (Å²) in [5.74, 6) is 0.0241. The molecule has 0 aromatic heterocycles. The Hall–Kier alpha value is -1.71. The van der Waals surface area contributed by atoms with Gasteiger partial charge in [-0.15, -0.1) is 0 Å². The summed E-state index contributed by atoms with van der Waals surface area (Å²) in [6, 6.07) is 5.58. The largest absolute Gasteiger partial charge is 0.397 e. The molecule has 0 unspecified atom stereocenters. The zero-order valence-electron chi connectivity index (χ0n) is 11.9. The highest BCUT2D eigenvalue weighted by Gasteiger charge is 2.15. The lowest BCUT2D eigenvalue weighted by molar-refractivity contribution is 0.0827. The predicted octanol–water partition coefficient (Wildman–Crippen LogP) is 2.35. The van der Waals surface area contributed by atoms with Gasteiger partial charge < -0.3 is 15.5 Å². The topological polar surface area (TPSA) is 49.6 Å². The molecule has 4 heteroatoms. The van der Waals surface area contributed by atoms with Crippen LogP contribution in [0.25, 0.3) is 0 Å². The number of carbonyl (C=O) groups excluding carboxylic acids is 1. The summed E-state index contributed by atoms with van der Waals surface area (Å²) in [5.41, 5.74) is 8.56. The standard InChI is InChI=1S/C15H23N3O/c1-17(2)15(19)12-7-8-13(16)14(11-12)18-9-5-3-4-6-10-18/h7-8,11H,3-6,9-10,16H2,1-2H3. The van der Waals surface area contributed by atoms with Gasteiger partial charge >= 0.3 is 0 Å². The van der Waals surface area contributed by atoms with Crippen LogP contribution in [0.4, 0.5) is 11.4 Å². The number of nitrogen functional groups attached to an aromatic ring is 1. The quantitative estimate of drug-likeness (QED) is 0.831. The Labute approximate surface area is 115 Å². The Morgan fingerprint density at radius 2 is 1.79 bits per heavy atom. The van der Waals surface area contributed by atoms with Gasteiger partial charge in [0.25, 0.3) is 5.91 Å². The van der Waals surface area contributed by atoms with Crippen molar-refractivity contribution >= 4 is 17.3 Å². The Kier molecular flexibility index (Phi) is 4.30. The highest BCUT2D eigenvalue weighted by Crippen LogP contribution is 2.27. The van der Waals surface area contributed by atoms with E-state index in [1.807, 2.05) is 12.1 Å². The van der Waals surface area contributed by atoms with Gasteiger partial charge in [0.2, 0.25) is 0 Å². The van der Waals surface area contributed by atoms with Crippen LogP contribution >= 0.6 is 0 Å². The van der Waals surface area contributed by atoms with Crippen LogP contribution in [-0.2, 0) is 0 Å². The molecule has 1 aliphatic heterocycles. The van der Waals surface area contributed by atoms with Crippen LogP contribution in [0, 0.1) is 0 Å². The summed E-state index contributed by atoms with van der Waals surface area (Å²) in [6.45, 7) is 2.06. The maximum absolute atomic E-state index is 12.0. The van der Waals surface area contributed by atoms with Gasteiger partial charge in [0.15, 0.2) is 0 Å². The zero-order chi connectivity index (χ0) is 13.8. The van der Waals surface area contributed by atoms with Gasteiger partial charge in [0.05, 0.1) is 11.4 Å². The molecule has 19 heavy (non-hydrogen) atoms. The number of carbonyl (C=O) groups is 1. The summed E-state index contributed by atoms with van der Waals surface area (Å²) in [6.07, 6.45) is 4.97. The van der Waals surface area contributed by atoms with Crippen molar-refractivity contribution in [3.63, 3.8) is 0 Å². The van der Waals surface area contributed by atoms with Crippen molar-refractivity contribution in [3.8, 4) is 0 Å². The lowest BCUT2D eigenvalue weighted by atomic mass is 10.1. The van der Waals surface area contributed by atoms with Gasteiger partial charge in [0, 0.05) is 32.7 Å². The first kappa shape index (κ1) is 13.7. The molecule has 0 spiro atoms. The van der Waals surface area contributed by atoms with E-state index in [2.05, 4.69) is 4.90 Å². The zero-order valence-corrected chi connectivity index (χ0v) is 11.9. The summed E-state index contributed by atoms with van der Waals surface area (Å²) >= 11 is 0. The molecule has 1 saturated heterocycles. The van der Waals surface area contributed by atoms with E-state index in [-0.39, 0.29) is 5.91 Å². The molecule has 1 heterocycles. The Morgan fingerprint density at radius 3 is 2.37 bits per heavy atom. The monoisotopic (exact) mass is 261 g/mol. The van der Waals surface area contributed by atoms with E-state index >= 15 is 0 Å². The highest BCUT2D eigenvalue weighted by atomic mass is 16.2. The third-order valence-electron chi connectivity index (χ3n) is 3.63. The molecule has 4 nitrogen and oxygen atoms in total. The van der Waals surface area contributed by atoms with E-state index < -0.39 is 0 Å². The smallest absolute Gasteiger partial charge is 0.253 e. The van der Waals surface area contributed by atoms with Crippen LogP contribution in [0.2, 0.25) is 0 Å². The van der Waals surface area contributed by atoms with Gasteiger partial charge in [-0.3, -0.25) is 4.79 Å². The summed E-state index contributed by atoms with van der Waals surface area (Å²) in [5, 5.41) is 0. The lowest BCUT2D eigenvalue weighted by Crippen LogP contribution is -2.26. The van der Waals surface area contributed by atoms with E-state index in [0.717, 1.165) is 24.5 Å². The van der Waals surface area contributed by atoms with Crippen molar-refractivity contribution in [2.45, 2.75) is 25.7 Å². The van der Waals surface area contributed by atoms with E-state index in [4.69, 9.17) is 5.73 Å². The average molecular weight is 261 g/mol. The Morgan fingerprint density at radius 1 is 1.16 bits per heavy atom. The van der Waals surface area contributed by atoms with Crippen molar-refractivity contribution in [3.05, 3.63) is 23.8 Å². The number of nitrogens with two attached hydrogens (primary N) is 1. The maximum Gasteiger partial charge on any atom is 0.253 e. The summed E-state index contributed by atoms with van der Waals surface area (Å²) in [7, 11) is 3.54. The SMILES string of the molecule is CN(C)C(=O)c1ccc(N)c(N2CCCCCC2)c1. The van der Waals surface area contributed by atoms with Crippen molar-refractivity contribution in [2.75, 3.05) is 37.8 Å². The molecule has 1 amide bonds. The third kappa shape index (κ3) is 3.19. The van der Waals surface area contributed by atoms with Crippen LogP contribution in [0.1, 0.15) is 36.0 Å². The van der Waals surface area contributed by atoms with Gasteiger partial charge in [-0.1, -0.05) is 12.8 Å². The number of nitrogens with zero attached hydrogens (tertiary/aromatic N) is 2. The molecule has 0 radical (unpaired) electrons. The molecule has 0 saturated carbocycles. The second-order valence-electron chi connectivity index (χ2n) is 5.37. The van der Waals surface area contributed by atoms with Crippen LogP contribution in [-0.4, -0.2) is 38.0 Å². The molecule has 2 N–H and O–H groups in total. The van der Waals surface area contributed by atoms with Crippen molar-refractivity contribution in [2.24, 2.45) is 0 Å². The first-order chi connectivity index (χ1) is 9.09. The van der Waals surface area contributed by atoms with Crippen molar-refractivity contribution < 1.29 is 4.79 Å². The fourth-order valence-electron chi connectivity index (χ4n) is 2.52. The maximum atomic E-state index is 12.0. The number of amides is 1. The van der Waals surface area contributed by atoms with Gasteiger partial charge in [0.1, 0.15) is 0 Å². The van der Waals surface area contributed by atoms with Crippen molar-refractivity contribution in [1.82, 2.24) is 4.90 Å². The molecule has 2 rings (SSSR count). The highest BCUT2D eigenvalue weighted by molar-refractivity contribution is 5.96. The third-order valence-corrected chi connectivity index (χ3v) is 3.63. The number of anilines is 2. The molecule has 1 fully saturated rings. The van der Waals surface area contributed by atoms with E-state index in [0.29, 0.717) is 5.56 Å². The van der Waals surface area contributed by atoms with Crippen molar-refractivity contribution in [1.29, 1.82) is 0 Å². The Balaban J connectivity index is 2.28. The van der Waals surface area contributed by atoms with E-state index in [1.54, 1.807) is 25.1 Å². The van der Waals surface area contributed by atoms with Crippen LogP contribution in [0.5, 0.6) is 0 Å².